The van der Waals surface area contributed by atoms with Gasteiger partial charge in [-0.3, -0.25) is 9.59 Å². The van der Waals surface area contributed by atoms with E-state index in [9.17, 15) is 9.59 Å². The Labute approximate surface area is 105 Å². The molecule has 0 atom stereocenters. The van der Waals surface area contributed by atoms with Crippen LogP contribution < -0.4 is 0 Å². The molecule has 1 aliphatic rings. The molecule has 0 aliphatic carbocycles. The smallest absolute Gasteiger partial charge is 0.306 e. The number of nitrogens with zero attached hydrogens (tertiary/aromatic N) is 1. The van der Waals surface area contributed by atoms with Crippen LogP contribution in [0.1, 0.15) is 18.6 Å². The minimum Gasteiger partial charge on any atom is -0.481 e. The average Bonchev–Trinajstić information content (AvgIpc) is 2.89. The lowest BCUT2D eigenvalue weighted by atomic mass is 9.97. The molecular formula is C13H15NO4. The predicted molar refractivity (Wildman–Crippen MR) is 64.7 cm³/mol. The fourth-order valence-corrected chi connectivity index (χ4v) is 1.99. The van der Waals surface area contributed by atoms with Gasteiger partial charge in [-0.05, 0) is 31.1 Å². The average molecular weight is 249 g/mol. The summed E-state index contributed by atoms with van der Waals surface area (Å²) in [6.07, 6.45) is 5.67. The Balaban J connectivity index is 1.86. The molecule has 0 aromatic carbocycles. The van der Waals surface area contributed by atoms with Crippen molar-refractivity contribution in [2.45, 2.75) is 12.8 Å². The van der Waals surface area contributed by atoms with Gasteiger partial charge in [0.1, 0.15) is 5.76 Å². The first-order valence-corrected chi connectivity index (χ1v) is 5.90. The van der Waals surface area contributed by atoms with E-state index in [2.05, 4.69) is 0 Å². The fraction of sp³-hybridized carbons (Fsp3) is 0.385. The van der Waals surface area contributed by atoms with Crippen molar-refractivity contribution in [2.75, 3.05) is 13.1 Å². The lowest BCUT2D eigenvalue weighted by Crippen LogP contribution is -2.39. The Kier molecular flexibility index (Phi) is 3.82. The first-order valence-electron chi connectivity index (χ1n) is 5.90. The van der Waals surface area contributed by atoms with E-state index < -0.39 is 5.97 Å². The standard InChI is InChI=1S/C13H15NO4/c15-12(4-3-11-2-1-9-18-11)14-7-5-10(6-8-14)13(16)17/h1-4,9-10H,5-8H2,(H,16,17)/b4-3+. The third kappa shape index (κ3) is 3.00. The molecule has 1 aliphatic heterocycles. The minimum absolute atomic E-state index is 0.102. The molecule has 1 saturated heterocycles. The van der Waals surface area contributed by atoms with E-state index in [0.29, 0.717) is 31.7 Å². The third-order valence-electron chi connectivity index (χ3n) is 3.09. The van der Waals surface area contributed by atoms with Crippen LogP contribution in [0, 0.1) is 5.92 Å². The molecule has 1 N–H and O–H groups in total. The van der Waals surface area contributed by atoms with Crippen molar-refractivity contribution in [3.8, 4) is 0 Å². The number of furan rings is 1. The van der Waals surface area contributed by atoms with Gasteiger partial charge in [-0.1, -0.05) is 0 Å². The molecule has 1 fully saturated rings. The summed E-state index contributed by atoms with van der Waals surface area (Å²) in [5, 5.41) is 8.86. The van der Waals surface area contributed by atoms with Crippen molar-refractivity contribution in [1.29, 1.82) is 0 Å². The van der Waals surface area contributed by atoms with Crippen LogP contribution in [0.4, 0.5) is 0 Å². The molecular weight excluding hydrogens is 234 g/mol. The maximum Gasteiger partial charge on any atom is 0.306 e. The molecule has 1 amide bonds. The summed E-state index contributed by atoms with van der Waals surface area (Å²) in [6.45, 7) is 0.997. The number of carboxylic acids is 1. The van der Waals surface area contributed by atoms with Gasteiger partial charge in [-0.15, -0.1) is 0 Å². The molecule has 96 valence electrons. The number of hydrogen-bond donors (Lipinski definition) is 1. The lowest BCUT2D eigenvalue weighted by molar-refractivity contribution is -0.144. The first kappa shape index (κ1) is 12.4. The van der Waals surface area contributed by atoms with E-state index in [1.165, 1.54) is 6.08 Å². The molecule has 0 spiro atoms. The number of likely N-dealkylation sites (tertiary alicyclic amines) is 1. The number of rotatable bonds is 3. The third-order valence-corrected chi connectivity index (χ3v) is 3.09. The van der Waals surface area contributed by atoms with Crippen molar-refractivity contribution in [3.63, 3.8) is 0 Å². The van der Waals surface area contributed by atoms with Crippen LogP contribution in [0.3, 0.4) is 0 Å². The zero-order valence-electron chi connectivity index (χ0n) is 9.91. The fourth-order valence-electron chi connectivity index (χ4n) is 1.99. The van der Waals surface area contributed by atoms with Crippen LogP contribution >= 0.6 is 0 Å². The highest BCUT2D eigenvalue weighted by Gasteiger charge is 2.25. The topological polar surface area (TPSA) is 70.8 Å². The zero-order valence-corrected chi connectivity index (χ0v) is 9.91. The molecule has 0 saturated carbocycles. The quantitative estimate of drug-likeness (QED) is 0.826. The summed E-state index contributed by atoms with van der Waals surface area (Å²) in [5.41, 5.74) is 0. The van der Waals surface area contributed by atoms with E-state index >= 15 is 0 Å². The predicted octanol–water partition coefficient (Wildman–Crippen LogP) is 1.62. The van der Waals surface area contributed by atoms with Gasteiger partial charge in [0.2, 0.25) is 5.91 Å². The van der Waals surface area contributed by atoms with E-state index in [1.54, 1.807) is 29.4 Å². The van der Waals surface area contributed by atoms with Crippen molar-refractivity contribution in [3.05, 3.63) is 30.2 Å². The summed E-state index contributed by atoms with van der Waals surface area (Å²) in [5.74, 6) is -0.560. The molecule has 18 heavy (non-hydrogen) atoms. The van der Waals surface area contributed by atoms with E-state index in [0.717, 1.165) is 0 Å². The van der Waals surface area contributed by atoms with Gasteiger partial charge < -0.3 is 14.4 Å². The molecule has 1 aromatic heterocycles. The summed E-state index contributed by atoms with van der Waals surface area (Å²) in [6, 6.07) is 3.52. The van der Waals surface area contributed by atoms with Gasteiger partial charge in [-0.25, -0.2) is 0 Å². The highest BCUT2D eigenvalue weighted by molar-refractivity contribution is 5.91. The second kappa shape index (κ2) is 5.53. The van der Waals surface area contributed by atoms with E-state index in [1.807, 2.05) is 0 Å². The number of aliphatic carboxylic acids is 1. The number of amides is 1. The summed E-state index contributed by atoms with van der Waals surface area (Å²) >= 11 is 0. The van der Waals surface area contributed by atoms with Crippen LogP contribution in [0.5, 0.6) is 0 Å². The summed E-state index contributed by atoms with van der Waals surface area (Å²) in [7, 11) is 0. The molecule has 5 nitrogen and oxygen atoms in total. The first-order chi connectivity index (χ1) is 8.66. The second-order valence-corrected chi connectivity index (χ2v) is 4.29. The molecule has 1 aromatic rings. The number of carbonyl (C=O) groups is 2. The molecule has 0 unspecified atom stereocenters. The Morgan fingerprint density at radius 2 is 2.11 bits per heavy atom. The molecule has 0 radical (unpaired) electrons. The van der Waals surface area contributed by atoms with Gasteiger partial charge in [0, 0.05) is 19.2 Å². The van der Waals surface area contributed by atoms with Crippen LogP contribution in [-0.2, 0) is 9.59 Å². The lowest BCUT2D eigenvalue weighted by Gasteiger charge is -2.29. The van der Waals surface area contributed by atoms with Crippen molar-refractivity contribution >= 4 is 18.0 Å². The highest BCUT2D eigenvalue weighted by atomic mass is 16.4. The van der Waals surface area contributed by atoms with Gasteiger partial charge in [0.05, 0.1) is 12.2 Å². The van der Waals surface area contributed by atoms with Crippen molar-refractivity contribution < 1.29 is 19.1 Å². The normalized spacial score (nSPS) is 17.2. The molecule has 0 bridgehead atoms. The molecule has 2 heterocycles. The highest BCUT2D eigenvalue weighted by Crippen LogP contribution is 2.17. The van der Waals surface area contributed by atoms with Gasteiger partial charge in [0.15, 0.2) is 0 Å². The van der Waals surface area contributed by atoms with E-state index in [4.69, 9.17) is 9.52 Å². The molecule has 2 rings (SSSR count). The zero-order chi connectivity index (χ0) is 13.0. The van der Waals surface area contributed by atoms with Gasteiger partial charge >= 0.3 is 5.97 Å². The Morgan fingerprint density at radius 1 is 1.39 bits per heavy atom. The number of piperidine rings is 1. The van der Waals surface area contributed by atoms with Crippen LogP contribution in [-0.4, -0.2) is 35.0 Å². The molecule has 5 heteroatoms. The summed E-state index contributed by atoms with van der Waals surface area (Å²) in [4.78, 5) is 24.3. The minimum atomic E-state index is -0.770. The monoisotopic (exact) mass is 249 g/mol. The number of carbonyl (C=O) groups excluding carboxylic acids is 1. The van der Waals surface area contributed by atoms with Crippen LogP contribution in [0.2, 0.25) is 0 Å². The Morgan fingerprint density at radius 3 is 2.67 bits per heavy atom. The van der Waals surface area contributed by atoms with Crippen molar-refractivity contribution in [2.24, 2.45) is 5.92 Å². The maximum atomic E-state index is 11.8. The Hall–Kier alpha value is -2.04. The maximum absolute atomic E-state index is 11.8. The Bertz CT molecular complexity index is 442. The van der Waals surface area contributed by atoms with Crippen LogP contribution in [0.15, 0.2) is 28.9 Å². The van der Waals surface area contributed by atoms with Gasteiger partial charge in [0.25, 0.3) is 0 Å². The summed E-state index contributed by atoms with van der Waals surface area (Å²) < 4.78 is 5.08. The number of hydrogen-bond acceptors (Lipinski definition) is 3. The van der Waals surface area contributed by atoms with E-state index in [-0.39, 0.29) is 11.8 Å². The second-order valence-electron chi connectivity index (χ2n) is 4.29. The van der Waals surface area contributed by atoms with Crippen molar-refractivity contribution in [1.82, 2.24) is 4.90 Å². The van der Waals surface area contributed by atoms with Gasteiger partial charge in [-0.2, -0.15) is 0 Å². The SMILES string of the molecule is O=C(O)C1CCN(C(=O)/C=C/c2ccco2)CC1. The largest absolute Gasteiger partial charge is 0.481 e. The number of carboxylic acid groups (broad SMARTS) is 1. The van der Waals surface area contributed by atoms with Crippen LogP contribution in [0.25, 0.3) is 6.08 Å².